The molecule has 0 aliphatic carbocycles. The number of benzene rings is 1. The Morgan fingerprint density at radius 1 is 1.67 bits per heavy atom. The summed E-state index contributed by atoms with van der Waals surface area (Å²) in [6, 6.07) is 5.12. The number of methoxy groups -OCH3 is 1. The second-order valence-corrected chi connectivity index (χ2v) is 4.05. The Morgan fingerprint density at radius 2 is 2.33 bits per heavy atom. The number of hydrogen-bond donors (Lipinski definition) is 0. The van der Waals surface area contributed by atoms with Crippen molar-refractivity contribution in [2.75, 3.05) is 7.11 Å². The number of nitriles is 1. The van der Waals surface area contributed by atoms with Gasteiger partial charge in [-0.15, -0.1) is 0 Å². The number of hydrogen-bond acceptors (Lipinski definition) is 3. The summed E-state index contributed by atoms with van der Waals surface area (Å²) in [5.41, 5.74) is 1.07. The molecule has 1 aromatic rings. The van der Waals surface area contributed by atoms with E-state index in [4.69, 9.17) is 16.9 Å². The Kier molecular flexibility index (Phi) is 4.13. The van der Waals surface area contributed by atoms with E-state index in [2.05, 4.69) is 20.7 Å². The van der Waals surface area contributed by atoms with Crippen LogP contribution in [0.1, 0.15) is 11.1 Å². The second-order valence-electron chi connectivity index (χ2n) is 2.79. The first-order chi connectivity index (χ1) is 7.08. The number of rotatable bonds is 2. The van der Waals surface area contributed by atoms with E-state index in [9.17, 15) is 4.79 Å². The first-order valence-electron chi connectivity index (χ1n) is 4.03. The van der Waals surface area contributed by atoms with Crippen molar-refractivity contribution in [1.82, 2.24) is 0 Å². The lowest BCUT2D eigenvalue weighted by Gasteiger charge is -2.05. The minimum Gasteiger partial charge on any atom is -0.469 e. The average Bonchev–Trinajstić information content (AvgIpc) is 2.22. The molecule has 0 radical (unpaired) electrons. The Labute approximate surface area is 101 Å². The Balaban J connectivity index is 3.06. The van der Waals surface area contributed by atoms with Crippen molar-refractivity contribution in [3.8, 4) is 6.07 Å². The van der Waals surface area contributed by atoms with Gasteiger partial charge in [0, 0.05) is 4.47 Å². The molecule has 0 N–H and O–H groups in total. The van der Waals surface area contributed by atoms with E-state index >= 15 is 0 Å². The van der Waals surface area contributed by atoms with Crippen LogP contribution in [0.5, 0.6) is 0 Å². The van der Waals surface area contributed by atoms with E-state index in [-0.39, 0.29) is 12.4 Å². The second kappa shape index (κ2) is 5.15. The van der Waals surface area contributed by atoms with Gasteiger partial charge in [-0.1, -0.05) is 27.5 Å². The minimum atomic E-state index is -0.350. The summed E-state index contributed by atoms with van der Waals surface area (Å²) in [7, 11) is 1.32. The molecule has 3 nitrogen and oxygen atoms in total. The van der Waals surface area contributed by atoms with E-state index in [1.807, 2.05) is 6.07 Å². The molecule has 0 aliphatic rings. The molecule has 1 rings (SSSR count). The zero-order valence-electron chi connectivity index (χ0n) is 7.88. The molecule has 0 fully saturated rings. The van der Waals surface area contributed by atoms with E-state index in [0.29, 0.717) is 20.6 Å². The SMILES string of the molecule is COC(=O)Cc1cc(Cl)c(C#N)cc1Br. The Hall–Kier alpha value is -1.05. The van der Waals surface area contributed by atoms with E-state index in [1.54, 1.807) is 12.1 Å². The smallest absolute Gasteiger partial charge is 0.310 e. The molecule has 0 saturated heterocycles. The Morgan fingerprint density at radius 3 is 2.87 bits per heavy atom. The molecule has 0 heterocycles. The van der Waals surface area contributed by atoms with Gasteiger partial charge in [0.05, 0.1) is 24.1 Å². The molecule has 0 unspecified atom stereocenters. The first-order valence-corrected chi connectivity index (χ1v) is 5.20. The fraction of sp³-hybridized carbons (Fsp3) is 0.200. The summed E-state index contributed by atoms with van der Waals surface area (Å²) in [6.45, 7) is 0. The highest BCUT2D eigenvalue weighted by Gasteiger charge is 2.10. The lowest BCUT2D eigenvalue weighted by atomic mass is 10.1. The normalized spacial score (nSPS) is 9.47. The zero-order chi connectivity index (χ0) is 11.4. The van der Waals surface area contributed by atoms with Gasteiger partial charge >= 0.3 is 5.97 Å². The topological polar surface area (TPSA) is 50.1 Å². The van der Waals surface area contributed by atoms with Crippen LogP contribution in [0.4, 0.5) is 0 Å². The van der Waals surface area contributed by atoms with Crippen LogP contribution in [0.3, 0.4) is 0 Å². The molecule has 0 aliphatic heterocycles. The standard InChI is InChI=1S/C10H7BrClNO2/c1-15-10(14)4-6-3-9(12)7(5-13)2-8(6)11/h2-3H,4H2,1H3. The number of esters is 1. The van der Waals surface area contributed by atoms with Gasteiger partial charge in [0.15, 0.2) is 0 Å². The average molecular weight is 289 g/mol. The molecular weight excluding hydrogens is 281 g/mol. The third kappa shape index (κ3) is 2.95. The van der Waals surface area contributed by atoms with Crippen molar-refractivity contribution in [3.05, 3.63) is 32.8 Å². The van der Waals surface area contributed by atoms with Gasteiger partial charge in [-0.25, -0.2) is 0 Å². The number of carbonyl (C=O) groups is 1. The summed E-state index contributed by atoms with van der Waals surface area (Å²) >= 11 is 9.09. The van der Waals surface area contributed by atoms with Crippen LogP contribution in [0.15, 0.2) is 16.6 Å². The summed E-state index contributed by atoms with van der Waals surface area (Å²) in [6.07, 6.45) is 0.127. The monoisotopic (exact) mass is 287 g/mol. The van der Waals surface area contributed by atoms with Gasteiger partial charge in [-0.2, -0.15) is 5.26 Å². The maximum absolute atomic E-state index is 11.0. The number of halogens is 2. The maximum Gasteiger partial charge on any atom is 0.310 e. The first kappa shape index (κ1) is 12.0. The van der Waals surface area contributed by atoms with E-state index in [1.165, 1.54) is 7.11 Å². The van der Waals surface area contributed by atoms with Crippen molar-refractivity contribution >= 4 is 33.5 Å². The van der Waals surface area contributed by atoms with E-state index in [0.717, 1.165) is 0 Å². The lowest BCUT2D eigenvalue weighted by molar-refractivity contribution is -0.139. The molecule has 0 atom stereocenters. The van der Waals surface area contributed by atoms with E-state index < -0.39 is 0 Å². The molecule has 0 bridgehead atoms. The van der Waals surface area contributed by atoms with Gasteiger partial charge in [0.2, 0.25) is 0 Å². The van der Waals surface area contributed by atoms with Crippen molar-refractivity contribution in [1.29, 1.82) is 5.26 Å². The highest BCUT2D eigenvalue weighted by atomic mass is 79.9. The highest BCUT2D eigenvalue weighted by molar-refractivity contribution is 9.10. The van der Waals surface area contributed by atoms with Gasteiger partial charge in [0.25, 0.3) is 0 Å². The fourth-order valence-corrected chi connectivity index (χ4v) is 1.75. The molecule has 0 saturated carbocycles. The van der Waals surface area contributed by atoms with Crippen LogP contribution in [-0.4, -0.2) is 13.1 Å². The lowest BCUT2D eigenvalue weighted by Crippen LogP contribution is -2.05. The highest BCUT2D eigenvalue weighted by Crippen LogP contribution is 2.25. The molecule has 0 aromatic heterocycles. The van der Waals surface area contributed by atoms with Crippen LogP contribution >= 0.6 is 27.5 Å². The molecule has 0 amide bonds. The quantitative estimate of drug-likeness (QED) is 0.786. The third-order valence-electron chi connectivity index (χ3n) is 1.82. The predicted octanol–water partition coefficient (Wildman–Crippen LogP) is 2.69. The van der Waals surface area contributed by atoms with Crippen LogP contribution in [0.25, 0.3) is 0 Å². The largest absolute Gasteiger partial charge is 0.469 e. The van der Waals surface area contributed by atoms with Gasteiger partial charge in [-0.05, 0) is 17.7 Å². The van der Waals surface area contributed by atoms with Crippen molar-refractivity contribution in [2.45, 2.75) is 6.42 Å². The van der Waals surface area contributed by atoms with Crippen LogP contribution in [0.2, 0.25) is 5.02 Å². The molecule has 1 aromatic carbocycles. The van der Waals surface area contributed by atoms with Gasteiger partial charge in [-0.3, -0.25) is 4.79 Å². The molecule has 78 valence electrons. The fourth-order valence-electron chi connectivity index (χ4n) is 1.04. The number of nitrogens with zero attached hydrogens (tertiary/aromatic N) is 1. The van der Waals surface area contributed by atoms with Crippen molar-refractivity contribution < 1.29 is 9.53 Å². The summed E-state index contributed by atoms with van der Waals surface area (Å²) < 4.78 is 5.21. The molecule has 0 spiro atoms. The third-order valence-corrected chi connectivity index (χ3v) is 2.87. The van der Waals surface area contributed by atoms with Crippen LogP contribution in [0, 0.1) is 11.3 Å². The Bertz CT molecular complexity index is 440. The summed E-state index contributed by atoms with van der Waals surface area (Å²) in [5.74, 6) is -0.350. The minimum absolute atomic E-state index is 0.127. The van der Waals surface area contributed by atoms with Gasteiger partial charge < -0.3 is 4.74 Å². The van der Waals surface area contributed by atoms with Crippen molar-refractivity contribution in [2.24, 2.45) is 0 Å². The zero-order valence-corrected chi connectivity index (χ0v) is 10.2. The summed E-state index contributed by atoms with van der Waals surface area (Å²) in [5, 5.41) is 9.05. The molecule has 5 heteroatoms. The number of carbonyl (C=O) groups excluding carboxylic acids is 1. The molecular formula is C10H7BrClNO2. The maximum atomic E-state index is 11.0. The molecule has 15 heavy (non-hydrogen) atoms. The van der Waals surface area contributed by atoms with Crippen LogP contribution < -0.4 is 0 Å². The number of ether oxygens (including phenoxy) is 1. The summed E-state index contributed by atoms with van der Waals surface area (Å²) in [4.78, 5) is 11.0. The van der Waals surface area contributed by atoms with Gasteiger partial charge in [0.1, 0.15) is 6.07 Å². The van der Waals surface area contributed by atoms with Crippen molar-refractivity contribution in [3.63, 3.8) is 0 Å². The van der Waals surface area contributed by atoms with Crippen LogP contribution in [-0.2, 0) is 16.0 Å². The predicted molar refractivity (Wildman–Crippen MR) is 59.6 cm³/mol.